The van der Waals surface area contributed by atoms with Crippen molar-refractivity contribution in [3.63, 3.8) is 0 Å². The van der Waals surface area contributed by atoms with Crippen molar-refractivity contribution in [3.05, 3.63) is 18.2 Å². The summed E-state index contributed by atoms with van der Waals surface area (Å²) >= 11 is 0. The first kappa shape index (κ1) is 14.1. The number of nitrogens with two attached hydrogens (primary N) is 1. The normalized spacial score (nSPS) is 17.2. The van der Waals surface area contributed by atoms with Gasteiger partial charge in [-0.15, -0.1) is 0 Å². The molecule has 0 saturated heterocycles. The van der Waals surface area contributed by atoms with Crippen molar-refractivity contribution in [2.45, 2.75) is 37.1 Å². The fourth-order valence-corrected chi connectivity index (χ4v) is 2.88. The van der Waals surface area contributed by atoms with Crippen LogP contribution in [0.3, 0.4) is 0 Å². The summed E-state index contributed by atoms with van der Waals surface area (Å²) in [6.07, 6.45) is 3.70. The van der Waals surface area contributed by atoms with E-state index < -0.39 is 10.0 Å². The molecule has 1 fully saturated rings. The van der Waals surface area contributed by atoms with Gasteiger partial charge in [-0.25, -0.2) is 13.1 Å². The molecule has 0 bridgehead atoms. The molecule has 0 radical (unpaired) electrons. The van der Waals surface area contributed by atoms with Crippen LogP contribution < -0.4 is 15.8 Å². The highest BCUT2D eigenvalue weighted by atomic mass is 32.2. The summed E-state index contributed by atoms with van der Waals surface area (Å²) in [5.41, 5.74) is 7.14. The first-order valence-corrected chi connectivity index (χ1v) is 8.00. The number of nitrogen functional groups attached to an aromatic ring is 1. The number of rotatable bonds is 6. The number of anilines is 2. The lowest BCUT2D eigenvalue weighted by atomic mass is 10.1. The predicted molar refractivity (Wildman–Crippen MR) is 77.5 cm³/mol. The van der Waals surface area contributed by atoms with E-state index in [0.29, 0.717) is 17.4 Å². The first-order chi connectivity index (χ1) is 8.92. The Morgan fingerprint density at radius 2 is 2.11 bits per heavy atom. The van der Waals surface area contributed by atoms with Gasteiger partial charge in [0, 0.05) is 6.04 Å². The lowest BCUT2D eigenvalue weighted by Crippen LogP contribution is -2.20. The second-order valence-corrected chi connectivity index (χ2v) is 7.07. The van der Waals surface area contributed by atoms with E-state index in [1.54, 1.807) is 12.1 Å². The van der Waals surface area contributed by atoms with Crippen LogP contribution in [0.1, 0.15) is 26.2 Å². The van der Waals surface area contributed by atoms with Crippen molar-refractivity contribution >= 4 is 21.4 Å². The second kappa shape index (κ2) is 5.38. The molecule has 2 rings (SSSR count). The quantitative estimate of drug-likeness (QED) is 0.695. The molecule has 4 N–H and O–H groups in total. The molecule has 0 spiro atoms. The Hall–Kier alpha value is -1.27. The summed E-state index contributed by atoms with van der Waals surface area (Å²) in [5, 5.41) is 3.30. The minimum Gasteiger partial charge on any atom is -0.397 e. The van der Waals surface area contributed by atoms with Crippen LogP contribution >= 0.6 is 0 Å². The summed E-state index contributed by atoms with van der Waals surface area (Å²) in [5.74, 6) is 0.813. The molecule has 1 atom stereocenters. The molecule has 19 heavy (non-hydrogen) atoms. The molecule has 1 aliphatic carbocycles. The predicted octanol–water partition coefficient (Wildman–Crippen LogP) is 1.78. The third-order valence-corrected chi connectivity index (χ3v) is 4.80. The van der Waals surface area contributed by atoms with Gasteiger partial charge >= 0.3 is 0 Å². The average Bonchev–Trinajstić information content (AvgIpc) is 3.15. The molecule has 1 aromatic carbocycles. The molecular formula is C13H21N3O2S. The third-order valence-electron chi connectivity index (χ3n) is 3.39. The van der Waals surface area contributed by atoms with Crippen LogP contribution in [0, 0.1) is 5.92 Å². The monoisotopic (exact) mass is 283 g/mol. The molecule has 0 heterocycles. The van der Waals surface area contributed by atoms with Crippen LogP contribution in [-0.4, -0.2) is 21.5 Å². The Kier molecular flexibility index (Phi) is 4.01. The smallest absolute Gasteiger partial charge is 0.240 e. The lowest BCUT2D eigenvalue weighted by molar-refractivity contribution is 0.588. The molecule has 1 unspecified atom stereocenters. The largest absolute Gasteiger partial charge is 0.397 e. The molecule has 6 heteroatoms. The number of sulfonamides is 1. The van der Waals surface area contributed by atoms with E-state index >= 15 is 0 Å². The molecule has 0 amide bonds. The number of nitrogens with one attached hydrogen (secondary N) is 2. The van der Waals surface area contributed by atoms with E-state index in [9.17, 15) is 8.42 Å². The minimum absolute atomic E-state index is 0.227. The standard InChI is InChI=1S/C13H21N3O2S/c1-9(7-10-3-4-10)16-13-8-11(5-6-12(13)14)19(17,18)15-2/h5-6,8-10,15-16H,3-4,7,14H2,1-2H3. The van der Waals surface area contributed by atoms with Gasteiger partial charge in [-0.2, -0.15) is 0 Å². The van der Waals surface area contributed by atoms with Crippen molar-refractivity contribution in [2.24, 2.45) is 5.92 Å². The van der Waals surface area contributed by atoms with E-state index in [0.717, 1.165) is 12.3 Å². The van der Waals surface area contributed by atoms with Gasteiger partial charge in [0.15, 0.2) is 0 Å². The fraction of sp³-hybridized carbons (Fsp3) is 0.538. The highest BCUT2D eigenvalue weighted by Gasteiger charge is 2.24. The maximum Gasteiger partial charge on any atom is 0.240 e. The number of hydrogen-bond donors (Lipinski definition) is 3. The molecule has 0 aromatic heterocycles. The van der Waals surface area contributed by atoms with Crippen LogP contribution in [0.15, 0.2) is 23.1 Å². The molecule has 5 nitrogen and oxygen atoms in total. The topological polar surface area (TPSA) is 84.2 Å². The van der Waals surface area contributed by atoms with Gasteiger partial charge in [0.25, 0.3) is 0 Å². The summed E-state index contributed by atoms with van der Waals surface area (Å²) < 4.78 is 25.8. The Balaban J connectivity index is 2.16. The van der Waals surface area contributed by atoms with E-state index in [-0.39, 0.29) is 4.90 Å². The Bertz CT molecular complexity index is 553. The zero-order chi connectivity index (χ0) is 14.0. The van der Waals surface area contributed by atoms with Crippen LogP contribution in [0.25, 0.3) is 0 Å². The van der Waals surface area contributed by atoms with Crippen molar-refractivity contribution in [1.82, 2.24) is 4.72 Å². The molecule has 1 saturated carbocycles. The Morgan fingerprint density at radius 3 is 2.68 bits per heavy atom. The van der Waals surface area contributed by atoms with E-state index in [1.165, 1.54) is 26.0 Å². The molecular weight excluding hydrogens is 262 g/mol. The summed E-state index contributed by atoms with van der Waals surface area (Å²) in [4.78, 5) is 0.227. The van der Waals surface area contributed by atoms with Crippen LogP contribution in [-0.2, 0) is 10.0 Å². The molecule has 106 valence electrons. The molecule has 0 aliphatic heterocycles. The third kappa shape index (κ3) is 3.61. The van der Waals surface area contributed by atoms with Gasteiger partial charge in [-0.05, 0) is 44.5 Å². The zero-order valence-corrected chi connectivity index (χ0v) is 12.1. The second-order valence-electron chi connectivity index (χ2n) is 5.18. The minimum atomic E-state index is -3.43. The van der Waals surface area contributed by atoms with Gasteiger partial charge in [-0.3, -0.25) is 0 Å². The van der Waals surface area contributed by atoms with E-state index in [4.69, 9.17) is 5.73 Å². The van der Waals surface area contributed by atoms with E-state index in [2.05, 4.69) is 17.0 Å². The van der Waals surface area contributed by atoms with Crippen LogP contribution in [0.4, 0.5) is 11.4 Å². The highest BCUT2D eigenvalue weighted by Crippen LogP contribution is 2.34. The van der Waals surface area contributed by atoms with Crippen molar-refractivity contribution in [3.8, 4) is 0 Å². The summed E-state index contributed by atoms with van der Waals surface area (Å²) in [7, 11) is -2.03. The van der Waals surface area contributed by atoms with Gasteiger partial charge in [0.1, 0.15) is 0 Å². The van der Waals surface area contributed by atoms with Crippen molar-refractivity contribution < 1.29 is 8.42 Å². The van der Waals surface area contributed by atoms with E-state index in [1.807, 2.05) is 0 Å². The maximum absolute atomic E-state index is 11.8. The number of benzene rings is 1. The average molecular weight is 283 g/mol. The molecule has 1 aliphatic rings. The SMILES string of the molecule is CNS(=O)(=O)c1ccc(N)c(NC(C)CC2CC2)c1. The van der Waals surface area contributed by atoms with Gasteiger partial charge in [0.05, 0.1) is 16.3 Å². The lowest BCUT2D eigenvalue weighted by Gasteiger charge is -2.17. The summed E-state index contributed by atoms with van der Waals surface area (Å²) in [6.45, 7) is 2.09. The Labute approximate surface area is 114 Å². The highest BCUT2D eigenvalue weighted by molar-refractivity contribution is 7.89. The maximum atomic E-state index is 11.8. The van der Waals surface area contributed by atoms with Crippen LogP contribution in [0.5, 0.6) is 0 Å². The number of hydrogen-bond acceptors (Lipinski definition) is 4. The first-order valence-electron chi connectivity index (χ1n) is 6.52. The molecule has 1 aromatic rings. The van der Waals surface area contributed by atoms with Crippen molar-refractivity contribution in [1.29, 1.82) is 0 Å². The van der Waals surface area contributed by atoms with Gasteiger partial charge < -0.3 is 11.1 Å². The Morgan fingerprint density at radius 1 is 1.42 bits per heavy atom. The fourth-order valence-electron chi connectivity index (χ4n) is 2.12. The summed E-state index contributed by atoms with van der Waals surface area (Å²) in [6, 6.07) is 5.01. The zero-order valence-electron chi connectivity index (χ0n) is 11.3. The van der Waals surface area contributed by atoms with Gasteiger partial charge in [0.2, 0.25) is 10.0 Å². The van der Waals surface area contributed by atoms with Crippen molar-refractivity contribution in [2.75, 3.05) is 18.1 Å². The van der Waals surface area contributed by atoms with Crippen LogP contribution in [0.2, 0.25) is 0 Å². The van der Waals surface area contributed by atoms with Gasteiger partial charge in [-0.1, -0.05) is 12.8 Å².